The van der Waals surface area contributed by atoms with Gasteiger partial charge in [0.1, 0.15) is 0 Å². The number of aliphatic hydroxyl groups is 1. The molecule has 0 saturated carbocycles. The predicted octanol–water partition coefficient (Wildman–Crippen LogP) is 2.72. The second kappa shape index (κ2) is 7.65. The van der Waals surface area contributed by atoms with Crippen LogP contribution >= 0.6 is 24.0 Å². The van der Waals surface area contributed by atoms with E-state index in [4.69, 9.17) is 11.6 Å². The van der Waals surface area contributed by atoms with Gasteiger partial charge in [-0.25, -0.2) is 0 Å². The van der Waals surface area contributed by atoms with Crippen molar-refractivity contribution >= 4 is 24.0 Å². The minimum Gasteiger partial charge on any atom is -0.394 e. The van der Waals surface area contributed by atoms with Crippen LogP contribution in [-0.2, 0) is 6.18 Å². The van der Waals surface area contributed by atoms with Gasteiger partial charge in [0.25, 0.3) is 0 Å². The minimum absolute atomic E-state index is 0. The molecule has 120 valence electrons. The highest BCUT2D eigenvalue weighted by Crippen LogP contribution is 2.37. The predicted molar refractivity (Wildman–Crippen MR) is 78.0 cm³/mol. The number of hydrogen-bond acceptors (Lipinski definition) is 3. The number of alkyl halides is 3. The Hall–Kier alpha value is -0.530. The Kier molecular flexibility index (Phi) is 6.74. The molecule has 1 aliphatic heterocycles. The molecule has 1 aromatic rings. The molecule has 1 saturated heterocycles. The number of nitrogens with zero attached hydrogens (tertiary/aromatic N) is 1. The highest BCUT2D eigenvalue weighted by molar-refractivity contribution is 6.30. The van der Waals surface area contributed by atoms with Crippen molar-refractivity contribution in [2.45, 2.75) is 12.2 Å². The van der Waals surface area contributed by atoms with Crippen molar-refractivity contribution in [2.24, 2.45) is 0 Å². The standard InChI is InChI=1S/C13H16ClF3N2O.ClH/c14-9-1-2-10(11(7-9)13(15,16)17)12(8-20)19-5-3-18-4-6-19;/h1-2,7,12,18,20H,3-6,8H2;1H/t12-;/m1./s1. The molecule has 1 heterocycles. The first-order valence-electron chi connectivity index (χ1n) is 6.35. The molecule has 1 fully saturated rings. The van der Waals surface area contributed by atoms with Crippen LogP contribution in [0.4, 0.5) is 13.2 Å². The lowest BCUT2D eigenvalue weighted by Gasteiger charge is -2.35. The van der Waals surface area contributed by atoms with Crippen LogP contribution in [0.2, 0.25) is 5.02 Å². The molecule has 0 bridgehead atoms. The van der Waals surface area contributed by atoms with Gasteiger partial charge in [0.05, 0.1) is 18.2 Å². The highest BCUT2D eigenvalue weighted by Gasteiger charge is 2.36. The van der Waals surface area contributed by atoms with E-state index in [2.05, 4.69) is 5.32 Å². The molecule has 2 N–H and O–H groups in total. The van der Waals surface area contributed by atoms with Crippen LogP contribution in [0, 0.1) is 0 Å². The Labute approximate surface area is 132 Å². The molecule has 0 amide bonds. The Bertz CT molecular complexity index is 465. The van der Waals surface area contributed by atoms with Crippen LogP contribution < -0.4 is 5.32 Å². The second-order valence-electron chi connectivity index (χ2n) is 4.71. The molecule has 21 heavy (non-hydrogen) atoms. The fourth-order valence-corrected chi connectivity index (χ4v) is 2.64. The molecule has 0 aromatic heterocycles. The van der Waals surface area contributed by atoms with Crippen LogP contribution in [0.5, 0.6) is 0 Å². The zero-order valence-electron chi connectivity index (χ0n) is 11.2. The molecule has 3 nitrogen and oxygen atoms in total. The summed E-state index contributed by atoms with van der Waals surface area (Å²) in [6.07, 6.45) is -4.48. The topological polar surface area (TPSA) is 35.5 Å². The van der Waals surface area contributed by atoms with Crippen LogP contribution in [0.1, 0.15) is 17.2 Å². The summed E-state index contributed by atoms with van der Waals surface area (Å²) in [4.78, 5) is 1.86. The average Bonchev–Trinajstić information content (AvgIpc) is 2.41. The second-order valence-corrected chi connectivity index (χ2v) is 5.15. The van der Waals surface area contributed by atoms with Crippen molar-refractivity contribution in [3.8, 4) is 0 Å². The maximum Gasteiger partial charge on any atom is 0.416 e. The third kappa shape index (κ3) is 4.47. The Balaban J connectivity index is 0.00000220. The van der Waals surface area contributed by atoms with Crippen LogP contribution in [-0.4, -0.2) is 42.8 Å². The largest absolute Gasteiger partial charge is 0.416 e. The van der Waals surface area contributed by atoms with Crippen molar-refractivity contribution in [3.63, 3.8) is 0 Å². The smallest absolute Gasteiger partial charge is 0.394 e. The molecule has 1 atom stereocenters. The Morgan fingerprint density at radius 3 is 2.43 bits per heavy atom. The maximum absolute atomic E-state index is 13.1. The van der Waals surface area contributed by atoms with E-state index in [1.165, 1.54) is 12.1 Å². The Morgan fingerprint density at radius 1 is 1.29 bits per heavy atom. The number of halogens is 5. The molecular formula is C13H17Cl2F3N2O. The third-order valence-corrected chi connectivity index (χ3v) is 3.68. The number of benzene rings is 1. The highest BCUT2D eigenvalue weighted by atomic mass is 35.5. The summed E-state index contributed by atoms with van der Waals surface area (Å²) in [5.41, 5.74) is -0.700. The summed E-state index contributed by atoms with van der Waals surface area (Å²) in [6.45, 7) is 2.25. The summed E-state index contributed by atoms with van der Waals surface area (Å²) in [5, 5.41) is 12.7. The molecule has 8 heteroatoms. The molecule has 0 radical (unpaired) electrons. The van der Waals surface area contributed by atoms with Gasteiger partial charge in [0.2, 0.25) is 0 Å². The lowest BCUT2D eigenvalue weighted by molar-refractivity contribution is -0.139. The van der Waals surface area contributed by atoms with Crippen LogP contribution in [0.3, 0.4) is 0 Å². The van der Waals surface area contributed by atoms with Crippen molar-refractivity contribution < 1.29 is 18.3 Å². The first-order chi connectivity index (χ1) is 9.43. The average molecular weight is 345 g/mol. The van der Waals surface area contributed by atoms with Crippen LogP contribution in [0.25, 0.3) is 0 Å². The van der Waals surface area contributed by atoms with Gasteiger partial charge < -0.3 is 10.4 Å². The van der Waals surface area contributed by atoms with E-state index in [-0.39, 0.29) is 29.6 Å². The summed E-state index contributed by atoms with van der Waals surface area (Å²) in [7, 11) is 0. The van der Waals surface area contributed by atoms with Gasteiger partial charge >= 0.3 is 6.18 Å². The van der Waals surface area contributed by atoms with Crippen molar-refractivity contribution in [2.75, 3.05) is 32.8 Å². The van der Waals surface area contributed by atoms with Gasteiger partial charge in [-0.1, -0.05) is 17.7 Å². The van der Waals surface area contributed by atoms with E-state index in [1.807, 2.05) is 4.90 Å². The van der Waals surface area contributed by atoms with E-state index in [1.54, 1.807) is 0 Å². The van der Waals surface area contributed by atoms with Crippen LogP contribution in [0.15, 0.2) is 18.2 Å². The normalized spacial score (nSPS) is 18.1. The number of rotatable bonds is 3. The van der Waals surface area contributed by atoms with E-state index < -0.39 is 17.8 Å². The number of nitrogens with one attached hydrogen (secondary N) is 1. The number of aliphatic hydroxyl groups excluding tert-OH is 1. The maximum atomic E-state index is 13.1. The first-order valence-corrected chi connectivity index (χ1v) is 6.73. The Morgan fingerprint density at radius 2 is 1.90 bits per heavy atom. The molecular weight excluding hydrogens is 328 g/mol. The summed E-state index contributed by atoms with van der Waals surface area (Å²) < 4.78 is 39.4. The number of hydrogen-bond donors (Lipinski definition) is 2. The third-order valence-electron chi connectivity index (χ3n) is 3.45. The van der Waals surface area contributed by atoms with E-state index in [0.29, 0.717) is 26.2 Å². The summed E-state index contributed by atoms with van der Waals surface area (Å²) in [6, 6.07) is 3.04. The van der Waals surface area contributed by atoms with Gasteiger partial charge in [0, 0.05) is 31.2 Å². The van der Waals surface area contributed by atoms with E-state index in [0.717, 1.165) is 6.07 Å². The van der Waals surface area contributed by atoms with Gasteiger partial charge in [-0.3, -0.25) is 4.90 Å². The fourth-order valence-electron chi connectivity index (χ4n) is 2.47. The lowest BCUT2D eigenvalue weighted by atomic mass is 9.98. The van der Waals surface area contributed by atoms with E-state index >= 15 is 0 Å². The molecule has 1 aliphatic rings. The van der Waals surface area contributed by atoms with Crippen molar-refractivity contribution in [3.05, 3.63) is 34.3 Å². The zero-order valence-corrected chi connectivity index (χ0v) is 12.7. The quantitative estimate of drug-likeness (QED) is 0.884. The van der Waals surface area contributed by atoms with Gasteiger partial charge in [-0.05, 0) is 17.7 Å². The minimum atomic E-state index is -4.48. The zero-order chi connectivity index (χ0) is 14.8. The van der Waals surface area contributed by atoms with Crippen molar-refractivity contribution in [1.29, 1.82) is 0 Å². The summed E-state index contributed by atoms with van der Waals surface area (Å²) in [5.74, 6) is 0. The van der Waals surface area contributed by atoms with Gasteiger partial charge in [0.15, 0.2) is 0 Å². The lowest BCUT2D eigenvalue weighted by Crippen LogP contribution is -2.46. The number of piperazine rings is 1. The monoisotopic (exact) mass is 344 g/mol. The molecule has 0 aliphatic carbocycles. The molecule has 1 aromatic carbocycles. The SMILES string of the molecule is Cl.OC[C@H](c1ccc(Cl)cc1C(F)(F)F)N1CCNCC1. The molecule has 0 unspecified atom stereocenters. The summed E-state index contributed by atoms with van der Waals surface area (Å²) >= 11 is 5.67. The fraction of sp³-hybridized carbons (Fsp3) is 0.538. The van der Waals surface area contributed by atoms with Gasteiger partial charge in [-0.2, -0.15) is 13.2 Å². The van der Waals surface area contributed by atoms with Gasteiger partial charge in [-0.15, -0.1) is 12.4 Å². The van der Waals surface area contributed by atoms with Crippen molar-refractivity contribution in [1.82, 2.24) is 10.2 Å². The molecule has 2 rings (SSSR count). The first kappa shape index (κ1) is 18.5. The van der Waals surface area contributed by atoms with E-state index in [9.17, 15) is 18.3 Å². The molecule has 0 spiro atoms.